The van der Waals surface area contributed by atoms with Crippen LogP contribution in [0.5, 0.6) is 0 Å². The molecule has 0 aliphatic heterocycles. The molecule has 3 aromatic carbocycles. The molecule has 0 aromatic heterocycles. The van der Waals surface area contributed by atoms with Gasteiger partial charge in [-0.2, -0.15) is 0 Å². The summed E-state index contributed by atoms with van der Waals surface area (Å²) in [4.78, 5) is 28.8. The maximum Gasteiger partial charge on any atom is 0.264 e. The van der Waals surface area contributed by atoms with E-state index in [2.05, 4.69) is 5.32 Å². The molecular formula is C29H31Cl4N3O4S. The van der Waals surface area contributed by atoms with Crippen LogP contribution in [0.4, 0.5) is 5.69 Å². The van der Waals surface area contributed by atoms with E-state index in [-0.39, 0.29) is 40.5 Å². The smallest absolute Gasteiger partial charge is 0.264 e. The highest BCUT2D eigenvalue weighted by molar-refractivity contribution is 7.92. The fraction of sp³-hybridized carbons (Fsp3) is 0.310. The van der Waals surface area contributed by atoms with Crippen LogP contribution < -0.4 is 9.62 Å². The highest BCUT2D eigenvalue weighted by Gasteiger charge is 2.35. The Hall–Kier alpha value is -2.49. The van der Waals surface area contributed by atoms with Crippen molar-refractivity contribution in [3.8, 4) is 0 Å². The summed E-state index contributed by atoms with van der Waals surface area (Å²) in [5.74, 6) is -1.03. The van der Waals surface area contributed by atoms with E-state index in [1.54, 1.807) is 43.3 Å². The number of nitrogens with one attached hydrogen (secondary N) is 1. The molecule has 0 fully saturated rings. The Kier molecular flexibility index (Phi) is 11.8. The monoisotopic (exact) mass is 657 g/mol. The van der Waals surface area contributed by atoms with Gasteiger partial charge >= 0.3 is 0 Å². The predicted octanol–water partition coefficient (Wildman–Crippen LogP) is 7.22. The van der Waals surface area contributed by atoms with Gasteiger partial charge in [0.1, 0.15) is 12.6 Å². The molecule has 0 saturated heterocycles. The Bertz CT molecular complexity index is 1470. The minimum atomic E-state index is -4.28. The van der Waals surface area contributed by atoms with E-state index in [1.807, 2.05) is 13.8 Å². The number of sulfonamides is 1. The summed E-state index contributed by atoms with van der Waals surface area (Å²) >= 11 is 25.4. The number of hydrogen-bond acceptors (Lipinski definition) is 4. The standard InChI is InChI=1S/C29H31Cl4N3O4S/c1-4-19(3)34-29(38)26(5-2)35(17-22-23(31)12-9-13-24(22)32)28(37)18-36(27-15-14-20(30)16-25(27)33)41(39,40)21-10-7-6-8-11-21/h6-16,19,26H,4-5,17-18H2,1-3H3,(H,34,38)/t19-,26+/m1/s1. The zero-order chi connectivity index (χ0) is 30.3. The average molecular weight is 659 g/mol. The van der Waals surface area contributed by atoms with E-state index in [0.29, 0.717) is 27.1 Å². The summed E-state index contributed by atoms with van der Waals surface area (Å²) in [6.07, 6.45) is 0.938. The van der Waals surface area contributed by atoms with Crippen LogP contribution in [0.15, 0.2) is 71.6 Å². The first-order valence-electron chi connectivity index (χ1n) is 13.0. The third-order valence-corrected chi connectivity index (χ3v) is 9.59. The number of nitrogens with zero attached hydrogens (tertiary/aromatic N) is 2. The molecular weight excluding hydrogens is 628 g/mol. The Balaban J connectivity index is 2.12. The maximum absolute atomic E-state index is 14.2. The summed E-state index contributed by atoms with van der Waals surface area (Å²) in [6.45, 7) is 4.77. The van der Waals surface area contributed by atoms with Crippen molar-refractivity contribution in [3.63, 3.8) is 0 Å². The summed E-state index contributed by atoms with van der Waals surface area (Å²) in [5.41, 5.74) is 0.488. The number of halogens is 4. The van der Waals surface area contributed by atoms with Crippen LogP contribution >= 0.6 is 46.4 Å². The molecule has 0 spiro atoms. The van der Waals surface area contributed by atoms with Gasteiger partial charge in [-0.1, -0.05) is 84.5 Å². The molecule has 3 rings (SSSR count). The summed E-state index contributed by atoms with van der Waals surface area (Å²) < 4.78 is 28.7. The highest BCUT2D eigenvalue weighted by atomic mass is 35.5. The van der Waals surface area contributed by atoms with Crippen LogP contribution in [0.2, 0.25) is 20.1 Å². The van der Waals surface area contributed by atoms with Crippen LogP contribution in [0.1, 0.15) is 39.2 Å². The van der Waals surface area contributed by atoms with Crippen molar-refractivity contribution in [2.24, 2.45) is 0 Å². The van der Waals surface area contributed by atoms with Crippen molar-refractivity contribution < 1.29 is 18.0 Å². The molecule has 2 amide bonds. The van der Waals surface area contributed by atoms with Gasteiger partial charge in [0.15, 0.2) is 0 Å². The van der Waals surface area contributed by atoms with Gasteiger partial charge in [0, 0.05) is 33.2 Å². The van der Waals surface area contributed by atoms with Gasteiger partial charge in [0.2, 0.25) is 11.8 Å². The maximum atomic E-state index is 14.2. The Morgan fingerprint density at radius 3 is 2.05 bits per heavy atom. The molecule has 12 heteroatoms. The lowest BCUT2D eigenvalue weighted by Gasteiger charge is -2.34. The SMILES string of the molecule is CC[C@@H](C)NC(=O)[C@H](CC)N(Cc1c(Cl)cccc1Cl)C(=O)CN(c1ccc(Cl)cc1Cl)S(=O)(=O)c1ccccc1. The first-order chi connectivity index (χ1) is 19.4. The average Bonchev–Trinajstić information content (AvgIpc) is 2.93. The molecule has 2 atom stereocenters. The molecule has 1 N–H and O–H groups in total. The molecule has 0 heterocycles. The number of carbonyl (C=O) groups is 2. The van der Waals surface area contributed by atoms with Crippen LogP contribution in [0.25, 0.3) is 0 Å². The van der Waals surface area contributed by atoms with Crippen molar-refractivity contribution in [3.05, 3.63) is 92.4 Å². The van der Waals surface area contributed by atoms with E-state index in [4.69, 9.17) is 46.4 Å². The summed E-state index contributed by atoms with van der Waals surface area (Å²) in [7, 11) is -4.28. The van der Waals surface area contributed by atoms with Gasteiger partial charge in [-0.3, -0.25) is 13.9 Å². The van der Waals surface area contributed by atoms with E-state index in [0.717, 1.165) is 4.31 Å². The first kappa shape index (κ1) is 33.0. The van der Waals surface area contributed by atoms with Crippen LogP contribution in [-0.4, -0.2) is 43.8 Å². The van der Waals surface area contributed by atoms with Gasteiger partial charge in [0.05, 0.1) is 15.6 Å². The van der Waals surface area contributed by atoms with E-state index in [9.17, 15) is 18.0 Å². The third-order valence-electron chi connectivity index (χ3n) is 6.57. The second-order valence-electron chi connectivity index (χ2n) is 9.38. The number of anilines is 1. The van der Waals surface area contributed by atoms with Crippen molar-refractivity contribution >= 4 is 73.9 Å². The molecule has 0 bridgehead atoms. The summed E-state index contributed by atoms with van der Waals surface area (Å²) in [6, 6.07) is 15.8. The minimum absolute atomic E-state index is 0.0343. The second-order valence-corrected chi connectivity index (χ2v) is 12.9. The fourth-order valence-electron chi connectivity index (χ4n) is 4.13. The van der Waals surface area contributed by atoms with Gasteiger partial charge in [-0.25, -0.2) is 8.42 Å². The van der Waals surface area contributed by atoms with Crippen LogP contribution in [0, 0.1) is 0 Å². The fourth-order valence-corrected chi connectivity index (χ4v) is 6.66. The van der Waals surface area contributed by atoms with Crippen LogP contribution in [-0.2, 0) is 26.2 Å². The number of amides is 2. The van der Waals surface area contributed by atoms with E-state index >= 15 is 0 Å². The molecule has 0 radical (unpaired) electrons. The lowest BCUT2D eigenvalue weighted by atomic mass is 10.1. The number of benzene rings is 3. The topological polar surface area (TPSA) is 86.8 Å². The third kappa shape index (κ3) is 8.08. The molecule has 3 aromatic rings. The van der Waals surface area contributed by atoms with Crippen molar-refractivity contribution in [2.45, 2.75) is 57.1 Å². The highest BCUT2D eigenvalue weighted by Crippen LogP contribution is 2.33. The van der Waals surface area contributed by atoms with E-state index in [1.165, 1.54) is 35.2 Å². The molecule has 0 aliphatic rings. The Morgan fingerprint density at radius 2 is 1.49 bits per heavy atom. The van der Waals surface area contributed by atoms with Crippen molar-refractivity contribution in [1.29, 1.82) is 0 Å². The Labute approximate surface area is 261 Å². The normalized spacial score (nSPS) is 12.9. The molecule has 0 unspecified atom stereocenters. The van der Waals surface area contributed by atoms with Gasteiger partial charge in [0.25, 0.3) is 10.0 Å². The molecule has 41 heavy (non-hydrogen) atoms. The lowest BCUT2D eigenvalue weighted by Crippen LogP contribution is -2.53. The second kappa shape index (κ2) is 14.6. The Morgan fingerprint density at radius 1 is 0.854 bits per heavy atom. The molecule has 220 valence electrons. The molecule has 0 aliphatic carbocycles. The van der Waals surface area contributed by atoms with Gasteiger partial charge < -0.3 is 10.2 Å². The minimum Gasteiger partial charge on any atom is -0.352 e. The zero-order valence-electron chi connectivity index (χ0n) is 22.8. The zero-order valence-corrected chi connectivity index (χ0v) is 26.6. The predicted molar refractivity (Wildman–Crippen MR) is 166 cm³/mol. The van der Waals surface area contributed by atoms with Gasteiger partial charge in [-0.15, -0.1) is 0 Å². The largest absolute Gasteiger partial charge is 0.352 e. The lowest BCUT2D eigenvalue weighted by molar-refractivity contribution is -0.140. The number of rotatable bonds is 12. The first-order valence-corrected chi connectivity index (χ1v) is 15.9. The van der Waals surface area contributed by atoms with Crippen molar-refractivity contribution in [2.75, 3.05) is 10.8 Å². The molecule has 0 saturated carbocycles. The quantitative estimate of drug-likeness (QED) is 0.223. The number of hydrogen-bond donors (Lipinski definition) is 1. The summed E-state index contributed by atoms with van der Waals surface area (Å²) in [5, 5.41) is 3.87. The van der Waals surface area contributed by atoms with Gasteiger partial charge in [-0.05, 0) is 62.2 Å². The van der Waals surface area contributed by atoms with Crippen molar-refractivity contribution in [1.82, 2.24) is 10.2 Å². The van der Waals surface area contributed by atoms with E-state index < -0.39 is 28.5 Å². The van der Waals surface area contributed by atoms with Crippen LogP contribution in [0.3, 0.4) is 0 Å². The molecule has 7 nitrogen and oxygen atoms in total. The number of carbonyl (C=O) groups excluding carboxylic acids is 2.